The lowest BCUT2D eigenvalue weighted by atomic mass is 9.96. The topological polar surface area (TPSA) is 61.8 Å². The van der Waals surface area contributed by atoms with Gasteiger partial charge in [0, 0.05) is 20.1 Å². The summed E-state index contributed by atoms with van der Waals surface area (Å²) in [4.78, 5) is 13.8. The van der Waals surface area contributed by atoms with E-state index < -0.39 is 12.7 Å². The zero-order valence-corrected chi connectivity index (χ0v) is 13.0. The van der Waals surface area contributed by atoms with Crippen molar-refractivity contribution in [3.8, 4) is 5.75 Å². The summed E-state index contributed by atoms with van der Waals surface area (Å²) in [5, 5.41) is 13.0. The van der Waals surface area contributed by atoms with E-state index in [-0.39, 0.29) is 17.6 Å². The van der Waals surface area contributed by atoms with Gasteiger partial charge < -0.3 is 15.2 Å². The summed E-state index contributed by atoms with van der Waals surface area (Å²) < 4.78 is 28.5. The highest BCUT2D eigenvalue weighted by atomic mass is 19.3. The largest absolute Gasteiger partial charge is 0.435 e. The van der Waals surface area contributed by atoms with Crippen LogP contribution in [-0.4, -0.2) is 49.2 Å². The number of amides is 1. The zero-order valence-electron chi connectivity index (χ0n) is 13.0. The predicted molar refractivity (Wildman–Crippen MR) is 81.3 cm³/mol. The van der Waals surface area contributed by atoms with Crippen molar-refractivity contribution in [3.63, 3.8) is 0 Å². The Balaban J connectivity index is 1.90. The van der Waals surface area contributed by atoms with Crippen LogP contribution in [0.2, 0.25) is 0 Å². The molecule has 0 spiro atoms. The highest BCUT2D eigenvalue weighted by Gasteiger charge is 2.26. The maximum atomic E-state index is 12.1. The molecule has 1 aromatic rings. The highest BCUT2D eigenvalue weighted by Crippen LogP contribution is 2.23. The van der Waals surface area contributed by atoms with Crippen LogP contribution in [0.3, 0.4) is 0 Å². The first-order chi connectivity index (χ1) is 11.0. The number of likely N-dealkylation sites (tertiary alicyclic amines) is 1. The number of nitrogens with zero attached hydrogens (tertiary/aromatic N) is 1. The smallest absolute Gasteiger partial charge is 0.387 e. The molecular formula is C16H22F2N2O3. The van der Waals surface area contributed by atoms with Gasteiger partial charge in [0.1, 0.15) is 5.75 Å². The van der Waals surface area contributed by atoms with Crippen LogP contribution in [0, 0.1) is 5.92 Å². The summed E-state index contributed by atoms with van der Waals surface area (Å²) in [5.74, 6) is 0.0362. The summed E-state index contributed by atoms with van der Waals surface area (Å²) in [6, 6.07) is 5.97. The van der Waals surface area contributed by atoms with Crippen molar-refractivity contribution in [1.82, 2.24) is 10.2 Å². The maximum absolute atomic E-state index is 12.1. The van der Waals surface area contributed by atoms with Gasteiger partial charge in [0.25, 0.3) is 0 Å². The molecule has 128 valence electrons. The van der Waals surface area contributed by atoms with Crippen LogP contribution < -0.4 is 10.1 Å². The number of halogens is 2. The van der Waals surface area contributed by atoms with Crippen molar-refractivity contribution in [2.45, 2.75) is 25.6 Å². The second-order valence-corrected chi connectivity index (χ2v) is 5.68. The van der Waals surface area contributed by atoms with Gasteiger partial charge in [-0.15, -0.1) is 0 Å². The van der Waals surface area contributed by atoms with Crippen molar-refractivity contribution in [2.75, 3.05) is 26.7 Å². The summed E-state index contributed by atoms with van der Waals surface area (Å²) in [7, 11) is 1.62. The Morgan fingerprint density at radius 2 is 2.13 bits per heavy atom. The molecule has 0 bridgehead atoms. The molecule has 1 aliphatic rings. The molecule has 5 nitrogen and oxygen atoms in total. The van der Waals surface area contributed by atoms with Crippen LogP contribution in [-0.2, 0) is 4.79 Å². The number of ether oxygens (including phenoxy) is 1. The SMILES string of the molecule is CNC(=O)C1CCCN(CC(O)c2ccc(OC(F)F)cc2)C1. The molecule has 2 N–H and O–H groups in total. The number of aliphatic hydroxyl groups is 1. The molecule has 0 aromatic heterocycles. The van der Waals surface area contributed by atoms with Gasteiger partial charge in [-0.05, 0) is 37.1 Å². The van der Waals surface area contributed by atoms with Gasteiger partial charge in [-0.1, -0.05) is 12.1 Å². The fourth-order valence-corrected chi connectivity index (χ4v) is 2.86. The van der Waals surface area contributed by atoms with Crippen molar-refractivity contribution in [1.29, 1.82) is 0 Å². The number of alkyl halides is 2. The molecule has 0 saturated carbocycles. The molecule has 2 unspecified atom stereocenters. The van der Waals surface area contributed by atoms with E-state index in [0.29, 0.717) is 18.7 Å². The molecule has 23 heavy (non-hydrogen) atoms. The first-order valence-electron chi connectivity index (χ1n) is 7.66. The Labute approximate surface area is 134 Å². The third-order valence-corrected chi connectivity index (χ3v) is 4.04. The molecule has 1 saturated heterocycles. The number of nitrogens with one attached hydrogen (secondary N) is 1. The molecule has 1 fully saturated rings. The number of benzene rings is 1. The first-order valence-corrected chi connectivity index (χ1v) is 7.66. The van der Waals surface area contributed by atoms with E-state index in [1.54, 1.807) is 19.2 Å². The second-order valence-electron chi connectivity index (χ2n) is 5.68. The molecule has 1 aromatic carbocycles. The van der Waals surface area contributed by atoms with Gasteiger partial charge in [-0.3, -0.25) is 9.69 Å². The van der Waals surface area contributed by atoms with Gasteiger partial charge in [0.15, 0.2) is 0 Å². The maximum Gasteiger partial charge on any atom is 0.387 e. The van der Waals surface area contributed by atoms with E-state index in [1.165, 1.54) is 12.1 Å². The number of hydrogen-bond acceptors (Lipinski definition) is 4. The first kappa shape index (κ1) is 17.6. The third-order valence-electron chi connectivity index (χ3n) is 4.04. The summed E-state index contributed by atoms with van der Waals surface area (Å²) >= 11 is 0. The molecule has 7 heteroatoms. The zero-order chi connectivity index (χ0) is 16.8. The van der Waals surface area contributed by atoms with Crippen LogP contribution in [0.1, 0.15) is 24.5 Å². The number of carbonyl (C=O) groups is 1. The Hall–Kier alpha value is -1.73. The van der Waals surface area contributed by atoms with Crippen LogP contribution in [0.5, 0.6) is 5.75 Å². The van der Waals surface area contributed by atoms with Crippen LogP contribution in [0.25, 0.3) is 0 Å². The Morgan fingerprint density at radius 3 is 2.74 bits per heavy atom. The normalized spacial score (nSPS) is 20.3. The van der Waals surface area contributed by atoms with Crippen molar-refractivity contribution in [2.24, 2.45) is 5.92 Å². The van der Waals surface area contributed by atoms with E-state index in [0.717, 1.165) is 19.4 Å². The predicted octanol–water partition coefficient (Wildman–Crippen LogP) is 1.78. The number of carbonyl (C=O) groups excluding carboxylic acids is 1. The van der Waals surface area contributed by atoms with Crippen LogP contribution >= 0.6 is 0 Å². The molecule has 2 rings (SSSR count). The Morgan fingerprint density at radius 1 is 1.43 bits per heavy atom. The fourth-order valence-electron chi connectivity index (χ4n) is 2.86. The number of hydrogen-bond donors (Lipinski definition) is 2. The lowest BCUT2D eigenvalue weighted by Crippen LogP contribution is -2.43. The van der Waals surface area contributed by atoms with E-state index in [4.69, 9.17) is 0 Å². The minimum atomic E-state index is -2.86. The average molecular weight is 328 g/mol. The summed E-state index contributed by atoms with van der Waals surface area (Å²) in [5.41, 5.74) is 0.633. The van der Waals surface area contributed by atoms with Crippen LogP contribution in [0.15, 0.2) is 24.3 Å². The molecule has 1 amide bonds. The van der Waals surface area contributed by atoms with Gasteiger partial charge in [-0.2, -0.15) is 8.78 Å². The Bertz CT molecular complexity index is 511. The molecule has 2 atom stereocenters. The monoisotopic (exact) mass is 328 g/mol. The third kappa shape index (κ3) is 5.14. The highest BCUT2D eigenvalue weighted by molar-refractivity contribution is 5.78. The number of piperidine rings is 1. The van der Waals surface area contributed by atoms with E-state index in [9.17, 15) is 18.7 Å². The summed E-state index contributed by atoms with van der Waals surface area (Å²) in [6.45, 7) is -1.01. The molecule has 1 heterocycles. The van der Waals surface area contributed by atoms with Crippen molar-refractivity contribution in [3.05, 3.63) is 29.8 Å². The number of aliphatic hydroxyl groups excluding tert-OH is 1. The molecular weight excluding hydrogens is 306 g/mol. The lowest BCUT2D eigenvalue weighted by molar-refractivity contribution is -0.126. The molecule has 1 aliphatic heterocycles. The average Bonchev–Trinajstić information content (AvgIpc) is 2.54. The Kier molecular flexibility index (Phi) is 6.29. The fraction of sp³-hybridized carbons (Fsp3) is 0.562. The van der Waals surface area contributed by atoms with Crippen LogP contribution in [0.4, 0.5) is 8.78 Å². The van der Waals surface area contributed by atoms with E-state index in [2.05, 4.69) is 15.0 Å². The summed E-state index contributed by atoms with van der Waals surface area (Å²) in [6.07, 6.45) is 1.02. The van der Waals surface area contributed by atoms with Crippen molar-refractivity contribution >= 4 is 5.91 Å². The second kappa shape index (κ2) is 8.21. The van der Waals surface area contributed by atoms with Gasteiger partial charge in [0.2, 0.25) is 5.91 Å². The van der Waals surface area contributed by atoms with E-state index in [1.807, 2.05) is 0 Å². The van der Waals surface area contributed by atoms with Crippen molar-refractivity contribution < 1.29 is 23.4 Å². The number of β-amino-alcohol motifs (C(OH)–C–C–N with tert-alkyl or cyclic N) is 1. The molecule has 0 radical (unpaired) electrons. The number of rotatable bonds is 6. The quantitative estimate of drug-likeness (QED) is 0.836. The lowest BCUT2D eigenvalue weighted by Gasteiger charge is -2.33. The standard InChI is InChI=1S/C16H22F2N2O3/c1-19-15(22)12-3-2-8-20(9-12)10-14(21)11-4-6-13(7-5-11)23-16(17)18/h4-7,12,14,16,21H,2-3,8-10H2,1H3,(H,19,22). The van der Waals surface area contributed by atoms with Gasteiger partial charge >= 0.3 is 6.61 Å². The molecule has 0 aliphatic carbocycles. The minimum absolute atomic E-state index is 0.0256. The van der Waals surface area contributed by atoms with Gasteiger partial charge in [-0.25, -0.2) is 0 Å². The minimum Gasteiger partial charge on any atom is -0.435 e. The van der Waals surface area contributed by atoms with E-state index >= 15 is 0 Å². The van der Waals surface area contributed by atoms with Gasteiger partial charge in [0.05, 0.1) is 12.0 Å².